The van der Waals surface area contributed by atoms with E-state index in [2.05, 4.69) is 22.9 Å². The van der Waals surface area contributed by atoms with E-state index in [0.29, 0.717) is 6.54 Å². The standard InChI is InChI=1S/C10H14N2OS/c1-7-3-4-9(5-11-7)6-12-10(13)8(2)14/h3-5,8,14H,6H2,1-2H3,(H,12,13). The number of rotatable bonds is 3. The average Bonchev–Trinajstić information content (AvgIpc) is 2.16. The Morgan fingerprint density at radius 1 is 1.64 bits per heavy atom. The normalized spacial score (nSPS) is 12.2. The molecule has 0 bridgehead atoms. The van der Waals surface area contributed by atoms with Crippen LogP contribution in [0.5, 0.6) is 0 Å². The Hall–Kier alpha value is -1.03. The van der Waals surface area contributed by atoms with Crippen molar-refractivity contribution in [2.24, 2.45) is 0 Å². The van der Waals surface area contributed by atoms with E-state index in [1.165, 1.54) is 0 Å². The summed E-state index contributed by atoms with van der Waals surface area (Å²) in [5.74, 6) is -0.0612. The van der Waals surface area contributed by atoms with Gasteiger partial charge < -0.3 is 5.32 Å². The molecule has 76 valence electrons. The first-order chi connectivity index (χ1) is 6.59. The summed E-state index contributed by atoms with van der Waals surface area (Å²) in [5.41, 5.74) is 1.97. The van der Waals surface area contributed by atoms with Gasteiger partial charge >= 0.3 is 0 Å². The molecule has 0 aromatic carbocycles. The first-order valence-corrected chi connectivity index (χ1v) is 4.98. The number of aryl methyl sites for hydroxylation is 1. The minimum Gasteiger partial charge on any atom is -0.351 e. The number of carbonyl (C=O) groups excluding carboxylic acids is 1. The zero-order valence-corrected chi connectivity index (χ0v) is 9.21. The number of nitrogens with zero attached hydrogens (tertiary/aromatic N) is 1. The van der Waals surface area contributed by atoms with Gasteiger partial charge in [-0.2, -0.15) is 12.6 Å². The molecule has 0 aliphatic heterocycles. The van der Waals surface area contributed by atoms with Gasteiger partial charge in [-0.05, 0) is 25.5 Å². The summed E-state index contributed by atoms with van der Waals surface area (Å²) in [6, 6.07) is 3.87. The molecule has 0 saturated carbocycles. The van der Waals surface area contributed by atoms with E-state index < -0.39 is 0 Å². The highest BCUT2D eigenvalue weighted by atomic mass is 32.1. The second kappa shape index (κ2) is 5.00. The third kappa shape index (κ3) is 3.38. The van der Waals surface area contributed by atoms with E-state index in [4.69, 9.17) is 0 Å². The van der Waals surface area contributed by atoms with Crippen LogP contribution < -0.4 is 5.32 Å². The zero-order valence-electron chi connectivity index (χ0n) is 8.32. The summed E-state index contributed by atoms with van der Waals surface area (Å²) in [6.07, 6.45) is 1.76. The number of nitrogens with one attached hydrogen (secondary N) is 1. The SMILES string of the molecule is Cc1ccc(CNC(=O)C(C)S)cn1. The first kappa shape index (κ1) is 11.0. The van der Waals surface area contributed by atoms with Gasteiger partial charge in [0.05, 0.1) is 5.25 Å². The van der Waals surface area contributed by atoms with E-state index in [-0.39, 0.29) is 11.2 Å². The molecule has 0 aliphatic rings. The molecule has 1 aromatic rings. The van der Waals surface area contributed by atoms with Gasteiger partial charge in [-0.1, -0.05) is 6.07 Å². The van der Waals surface area contributed by atoms with E-state index in [1.54, 1.807) is 13.1 Å². The predicted octanol–water partition coefficient (Wildman–Crippen LogP) is 1.32. The van der Waals surface area contributed by atoms with Crippen LogP contribution in [-0.4, -0.2) is 16.1 Å². The highest BCUT2D eigenvalue weighted by Crippen LogP contribution is 1.99. The van der Waals surface area contributed by atoms with E-state index >= 15 is 0 Å². The van der Waals surface area contributed by atoms with Gasteiger partial charge in [0.25, 0.3) is 0 Å². The molecule has 1 amide bonds. The Balaban J connectivity index is 2.46. The molecule has 1 atom stereocenters. The minimum atomic E-state index is -0.270. The van der Waals surface area contributed by atoms with Crippen LogP contribution in [0.15, 0.2) is 18.3 Å². The van der Waals surface area contributed by atoms with Crippen LogP contribution >= 0.6 is 12.6 Å². The second-order valence-corrected chi connectivity index (χ2v) is 3.98. The summed E-state index contributed by atoms with van der Waals surface area (Å²) in [5, 5.41) is 2.49. The van der Waals surface area contributed by atoms with Crippen molar-refractivity contribution in [2.75, 3.05) is 0 Å². The molecule has 1 rings (SSSR count). The van der Waals surface area contributed by atoms with Gasteiger partial charge in [-0.15, -0.1) is 0 Å². The number of thiol groups is 1. The van der Waals surface area contributed by atoms with Gasteiger partial charge in [0.2, 0.25) is 5.91 Å². The lowest BCUT2D eigenvalue weighted by Gasteiger charge is -2.06. The smallest absolute Gasteiger partial charge is 0.232 e. The second-order valence-electron chi connectivity index (χ2n) is 3.20. The van der Waals surface area contributed by atoms with Crippen LogP contribution in [0.2, 0.25) is 0 Å². The van der Waals surface area contributed by atoms with Crippen LogP contribution in [-0.2, 0) is 11.3 Å². The Bertz CT molecular complexity index is 308. The monoisotopic (exact) mass is 210 g/mol. The van der Waals surface area contributed by atoms with Crippen LogP contribution in [0.4, 0.5) is 0 Å². The fraction of sp³-hybridized carbons (Fsp3) is 0.400. The van der Waals surface area contributed by atoms with Gasteiger partial charge in [-0.25, -0.2) is 0 Å². The summed E-state index contributed by atoms with van der Waals surface area (Å²) < 4.78 is 0. The van der Waals surface area contributed by atoms with Crippen LogP contribution in [0.1, 0.15) is 18.2 Å². The maximum absolute atomic E-state index is 11.2. The fourth-order valence-corrected chi connectivity index (χ4v) is 1.03. The highest BCUT2D eigenvalue weighted by Gasteiger charge is 2.06. The molecule has 14 heavy (non-hydrogen) atoms. The summed E-state index contributed by atoms with van der Waals surface area (Å²) in [4.78, 5) is 15.3. The molecule has 1 N–H and O–H groups in total. The maximum Gasteiger partial charge on any atom is 0.232 e. The van der Waals surface area contributed by atoms with Gasteiger partial charge in [0, 0.05) is 18.4 Å². The molecule has 0 saturated heterocycles. The van der Waals surface area contributed by atoms with E-state index in [9.17, 15) is 4.79 Å². The minimum absolute atomic E-state index is 0.0612. The number of aromatic nitrogens is 1. The third-order valence-electron chi connectivity index (χ3n) is 1.82. The lowest BCUT2D eigenvalue weighted by Crippen LogP contribution is -2.29. The Kier molecular flexibility index (Phi) is 3.95. The van der Waals surface area contributed by atoms with Crippen molar-refractivity contribution in [1.29, 1.82) is 0 Å². The quantitative estimate of drug-likeness (QED) is 0.739. The largest absolute Gasteiger partial charge is 0.351 e. The summed E-state index contributed by atoms with van der Waals surface area (Å²) in [7, 11) is 0. The molecular formula is C10H14N2OS. The molecule has 1 unspecified atom stereocenters. The number of hydrogen-bond donors (Lipinski definition) is 2. The Morgan fingerprint density at radius 3 is 2.86 bits per heavy atom. The number of pyridine rings is 1. The molecule has 3 nitrogen and oxygen atoms in total. The van der Waals surface area contributed by atoms with Crippen LogP contribution in [0, 0.1) is 6.92 Å². The van der Waals surface area contributed by atoms with Crippen molar-refractivity contribution in [3.63, 3.8) is 0 Å². The topological polar surface area (TPSA) is 42.0 Å². The lowest BCUT2D eigenvalue weighted by molar-refractivity contribution is -0.120. The predicted molar refractivity (Wildman–Crippen MR) is 59.3 cm³/mol. The third-order valence-corrected chi connectivity index (χ3v) is 2.05. The zero-order chi connectivity index (χ0) is 10.6. The van der Waals surface area contributed by atoms with E-state index in [0.717, 1.165) is 11.3 Å². The Labute approximate surface area is 89.3 Å². The molecule has 4 heteroatoms. The molecular weight excluding hydrogens is 196 g/mol. The number of amides is 1. The lowest BCUT2D eigenvalue weighted by atomic mass is 10.2. The summed E-state index contributed by atoms with van der Waals surface area (Å²) >= 11 is 4.03. The van der Waals surface area contributed by atoms with Crippen molar-refractivity contribution in [3.8, 4) is 0 Å². The van der Waals surface area contributed by atoms with Crippen molar-refractivity contribution < 1.29 is 4.79 Å². The van der Waals surface area contributed by atoms with Crippen molar-refractivity contribution in [3.05, 3.63) is 29.6 Å². The molecule has 0 spiro atoms. The highest BCUT2D eigenvalue weighted by molar-refractivity contribution is 7.81. The molecule has 0 radical (unpaired) electrons. The van der Waals surface area contributed by atoms with Crippen molar-refractivity contribution in [1.82, 2.24) is 10.3 Å². The Morgan fingerprint density at radius 2 is 2.36 bits per heavy atom. The summed E-state index contributed by atoms with van der Waals surface area (Å²) in [6.45, 7) is 4.18. The molecule has 0 aliphatic carbocycles. The molecule has 1 aromatic heterocycles. The van der Waals surface area contributed by atoms with Crippen LogP contribution in [0.3, 0.4) is 0 Å². The van der Waals surface area contributed by atoms with Gasteiger partial charge in [0.1, 0.15) is 0 Å². The average molecular weight is 210 g/mol. The van der Waals surface area contributed by atoms with E-state index in [1.807, 2.05) is 19.1 Å². The molecule has 1 heterocycles. The molecule has 0 fully saturated rings. The van der Waals surface area contributed by atoms with Gasteiger partial charge in [0.15, 0.2) is 0 Å². The first-order valence-electron chi connectivity index (χ1n) is 4.47. The maximum atomic E-state index is 11.2. The number of carbonyl (C=O) groups is 1. The fourth-order valence-electron chi connectivity index (χ4n) is 0.940. The van der Waals surface area contributed by atoms with Gasteiger partial charge in [-0.3, -0.25) is 9.78 Å². The van der Waals surface area contributed by atoms with Crippen molar-refractivity contribution >= 4 is 18.5 Å². The number of hydrogen-bond acceptors (Lipinski definition) is 3. The van der Waals surface area contributed by atoms with Crippen LogP contribution in [0.25, 0.3) is 0 Å². The van der Waals surface area contributed by atoms with Crippen molar-refractivity contribution in [2.45, 2.75) is 25.6 Å².